The molecule has 0 spiro atoms. The summed E-state index contributed by atoms with van der Waals surface area (Å²) in [5.41, 5.74) is 5.92. The van der Waals surface area contributed by atoms with Gasteiger partial charge in [0.1, 0.15) is 5.82 Å². The third kappa shape index (κ3) is 4.34. The van der Waals surface area contributed by atoms with E-state index in [2.05, 4.69) is 27.5 Å². The minimum Gasteiger partial charge on any atom is -0.370 e. The fourth-order valence-electron chi connectivity index (χ4n) is 2.02. The standard InChI is InChI=1S/C14H22N6O/c1-2-6-16-12-10-20-9-8-18-14(20)13(19-12)17-7-4-3-5-11(15)21/h8-10,16H,2-7H2,1H3,(H2,15,21)(H,17,19). The van der Waals surface area contributed by atoms with Gasteiger partial charge >= 0.3 is 0 Å². The second-order valence-corrected chi connectivity index (χ2v) is 4.91. The molecule has 7 nitrogen and oxygen atoms in total. The number of nitrogens with zero attached hydrogens (tertiary/aromatic N) is 3. The lowest BCUT2D eigenvalue weighted by Crippen LogP contribution is -2.12. The van der Waals surface area contributed by atoms with Crippen molar-refractivity contribution in [2.75, 3.05) is 23.7 Å². The average molecular weight is 290 g/mol. The van der Waals surface area contributed by atoms with Gasteiger partial charge in [-0.2, -0.15) is 0 Å². The van der Waals surface area contributed by atoms with E-state index in [9.17, 15) is 4.79 Å². The monoisotopic (exact) mass is 290 g/mol. The number of nitrogens with one attached hydrogen (secondary N) is 2. The fourth-order valence-corrected chi connectivity index (χ4v) is 2.02. The minimum absolute atomic E-state index is 0.255. The Morgan fingerprint density at radius 3 is 2.95 bits per heavy atom. The van der Waals surface area contributed by atoms with Crippen molar-refractivity contribution >= 4 is 23.2 Å². The molecule has 0 saturated carbocycles. The van der Waals surface area contributed by atoms with Gasteiger partial charge in [-0.1, -0.05) is 6.92 Å². The molecule has 0 radical (unpaired) electrons. The van der Waals surface area contributed by atoms with Crippen LogP contribution in [0.25, 0.3) is 5.65 Å². The summed E-state index contributed by atoms with van der Waals surface area (Å²) >= 11 is 0. The van der Waals surface area contributed by atoms with E-state index in [0.717, 1.165) is 49.6 Å². The summed E-state index contributed by atoms with van der Waals surface area (Å²) in [5, 5.41) is 6.55. The van der Waals surface area contributed by atoms with Gasteiger partial charge in [0.05, 0.1) is 6.20 Å². The summed E-state index contributed by atoms with van der Waals surface area (Å²) in [6.45, 7) is 3.73. The zero-order valence-electron chi connectivity index (χ0n) is 12.3. The number of aromatic nitrogens is 3. The number of hydrogen-bond acceptors (Lipinski definition) is 5. The molecule has 0 aromatic carbocycles. The number of anilines is 2. The van der Waals surface area contributed by atoms with Gasteiger partial charge in [-0.15, -0.1) is 0 Å². The Hall–Kier alpha value is -2.31. The molecule has 1 amide bonds. The Bertz CT molecular complexity index is 594. The molecule has 21 heavy (non-hydrogen) atoms. The number of rotatable bonds is 9. The zero-order chi connectivity index (χ0) is 15.1. The molecule has 0 aliphatic heterocycles. The van der Waals surface area contributed by atoms with Gasteiger partial charge in [0.15, 0.2) is 11.5 Å². The number of unbranched alkanes of at least 4 members (excludes halogenated alkanes) is 1. The quantitative estimate of drug-likeness (QED) is 0.610. The normalized spacial score (nSPS) is 10.7. The van der Waals surface area contributed by atoms with Crippen molar-refractivity contribution in [3.8, 4) is 0 Å². The lowest BCUT2D eigenvalue weighted by Gasteiger charge is -2.10. The summed E-state index contributed by atoms with van der Waals surface area (Å²) in [4.78, 5) is 19.5. The van der Waals surface area contributed by atoms with Gasteiger partial charge in [-0.3, -0.25) is 4.79 Å². The maximum atomic E-state index is 10.7. The van der Waals surface area contributed by atoms with Crippen LogP contribution in [-0.2, 0) is 4.79 Å². The molecule has 0 aliphatic rings. The lowest BCUT2D eigenvalue weighted by molar-refractivity contribution is -0.118. The average Bonchev–Trinajstić information content (AvgIpc) is 2.92. The molecule has 2 rings (SSSR count). The van der Waals surface area contributed by atoms with Crippen LogP contribution in [0.1, 0.15) is 32.6 Å². The zero-order valence-corrected chi connectivity index (χ0v) is 12.3. The number of amides is 1. The molecule has 0 bridgehead atoms. The maximum absolute atomic E-state index is 10.7. The highest BCUT2D eigenvalue weighted by atomic mass is 16.1. The van der Waals surface area contributed by atoms with Crippen molar-refractivity contribution < 1.29 is 4.79 Å². The third-order valence-corrected chi connectivity index (χ3v) is 3.07. The highest BCUT2D eigenvalue weighted by Crippen LogP contribution is 2.16. The van der Waals surface area contributed by atoms with Crippen LogP contribution in [0.15, 0.2) is 18.6 Å². The summed E-state index contributed by atoms with van der Waals surface area (Å²) in [6, 6.07) is 0. The molecule has 2 aromatic heterocycles. The van der Waals surface area contributed by atoms with Crippen LogP contribution in [0.3, 0.4) is 0 Å². The summed E-state index contributed by atoms with van der Waals surface area (Å²) < 4.78 is 1.94. The van der Waals surface area contributed by atoms with Crippen molar-refractivity contribution in [2.24, 2.45) is 5.73 Å². The Morgan fingerprint density at radius 1 is 1.33 bits per heavy atom. The molecule has 0 unspecified atom stereocenters. The predicted molar refractivity (Wildman–Crippen MR) is 83.3 cm³/mol. The van der Waals surface area contributed by atoms with Gasteiger partial charge < -0.3 is 20.8 Å². The summed E-state index contributed by atoms with van der Waals surface area (Å²) in [6.07, 6.45) is 8.68. The second-order valence-electron chi connectivity index (χ2n) is 4.91. The SMILES string of the molecule is CCCNc1cn2ccnc2c(NCCCCC(N)=O)n1. The Labute approximate surface area is 124 Å². The second kappa shape index (κ2) is 7.47. The number of hydrogen-bond donors (Lipinski definition) is 3. The van der Waals surface area contributed by atoms with Crippen LogP contribution in [0, 0.1) is 0 Å². The molecule has 4 N–H and O–H groups in total. The first-order valence-electron chi connectivity index (χ1n) is 7.30. The number of fused-ring (bicyclic) bond motifs is 1. The molecule has 0 fully saturated rings. The smallest absolute Gasteiger partial charge is 0.217 e. The first-order chi connectivity index (χ1) is 10.2. The molecule has 2 aromatic rings. The van der Waals surface area contributed by atoms with Crippen molar-refractivity contribution in [3.05, 3.63) is 18.6 Å². The van der Waals surface area contributed by atoms with Crippen molar-refractivity contribution in [1.82, 2.24) is 14.4 Å². The van der Waals surface area contributed by atoms with Crippen LogP contribution < -0.4 is 16.4 Å². The van der Waals surface area contributed by atoms with Crippen LogP contribution >= 0.6 is 0 Å². The fraction of sp³-hybridized carbons (Fsp3) is 0.500. The number of carbonyl (C=O) groups excluding carboxylic acids is 1. The van der Waals surface area contributed by atoms with Crippen molar-refractivity contribution in [2.45, 2.75) is 32.6 Å². The molecular formula is C14H22N6O. The first kappa shape index (κ1) is 15.1. The molecule has 114 valence electrons. The molecule has 0 aliphatic carbocycles. The van der Waals surface area contributed by atoms with Crippen molar-refractivity contribution in [1.29, 1.82) is 0 Å². The Balaban J connectivity index is 1.99. The van der Waals surface area contributed by atoms with Crippen LogP contribution in [-0.4, -0.2) is 33.4 Å². The van der Waals surface area contributed by atoms with Gasteiger partial charge in [-0.25, -0.2) is 9.97 Å². The minimum atomic E-state index is -0.255. The van der Waals surface area contributed by atoms with Gasteiger partial charge in [-0.05, 0) is 19.3 Å². The van der Waals surface area contributed by atoms with Gasteiger partial charge in [0.25, 0.3) is 0 Å². The number of primary amides is 1. The van der Waals surface area contributed by atoms with Gasteiger partial charge in [0, 0.05) is 31.9 Å². The van der Waals surface area contributed by atoms with E-state index in [1.54, 1.807) is 6.20 Å². The Morgan fingerprint density at radius 2 is 2.19 bits per heavy atom. The molecular weight excluding hydrogens is 268 g/mol. The number of imidazole rings is 1. The van der Waals surface area contributed by atoms with E-state index in [4.69, 9.17) is 5.73 Å². The molecule has 0 atom stereocenters. The summed E-state index contributed by atoms with van der Waals surface area (Å²) in [7, 11) is 0. The summed E-state index contributed by atoms with van der Waals surface area (Å²) in [5.74, 6) is 1.32. The maximum Gasteiger partial charge on any atom is 0.217 e. The highest BCUT2D eigenvalue weighted by molar-refractivity contribution is 5.73. The topological polar surface area (TPSA) is 97.3 Å². The number of carbonyl (C=O) groups is 1. The van der Waals surface area contributed by atoms with E-state index in [0.29, 0.717) is 6.42 Å². The van der Waals surface area contributed by atoms with E-state index in [1.807, 2.05) is 16.8 Å². The number of nitrogens with two attached hydrogens (primary N) is 1. The van der Waals surface area contributed by atoms with Crippen LogP contribution in [0.2, 0.25) is 0 Å². The predicted octanol–water partition coefficient (Wildman–Crippen LogP) is 1.62. The first-order valence-corrected chi connectivity index (χ1v) is 7.30. The van der Waals surface area contributed by atoms with Crippen LogP contribution in [0.5, 0.6) is 0 Å². The highest BCUT2D eigenvalue weighted by Gasteiger charge is 2.06. The third-order valence-electron chi connectivity index (χ3n) is 3.07. The van der Waals surface area contributed by atoms with E-state index < -0.39 is 0 Å². The largest absolute Gasteiger partial charge is 0.370 e. The molecule has 2 heterocycles. The van der Waals surface area contributed by atoms with E-state index in [1.165, 1.54) is 0 Å². The van der Waals surface area contributed by atoms with Crippen molar-refractivity contribution in [3.63, 3.8) is 0 Å². The molecule has 7 heteroatoms. The van der Waals surface area contributed by atoms with E-state index in [-0.39, 0.29) is 5.91 Å². The van der Waals surface area contributed by atoms with E-state index >= 15 is 0 Å². The van der Waals surface area contributed by atoms with Crippen LogP contribution in [0.4, 0.5) is 11.6 Å². The lowest BCUT2D eigenvalue weighted by atomic mass is 10.2. The van der Waals surface area contributed by atoms with Gasteiger partial charge in [0.2, 0.25) is 5.91 Å². The molecule has 0 saturated heterocycles. The Kier molecular flexibility index (Phi) is 5.36.